The predicted molar refractivity (Wildman–Crippen MR) is 74.5 cm³/mol. The van der Waals surface area contributed by atoms with E-state index in [0.717, 1.165) is 18.7 Å². The molecule has 2 aromatic carbocycles. The standard InChI is InChI=1S/C16H17NO2/c1-10-3-2-4-12-8-17-9-13(16(10)12)11-5-6-14(18)15(19)7-11/h2-7,13,17-19H,8-9H2,1H3. The molecule has 1 heterocycles. The Hall–Kier alpha value is -2.00. The lowest BCUT2D eigenvalue weighted by Crippen LogP contribution is -2.29. The van der Waals surface area contributed by atoms with Gasteiger partial charge in [-0.3, -0.25) is 0 Å². The molecule has 1 unspecified atom stereocenters. The molecule has 0 aliphatic carbocycles. The fraction of sp³-hybridized carbons (Fsp3) is 0.250. The summed E-state index contributed by atoms with van der Waals surface area (Å²) in [6.07, 6.45) is 0. The van der Waals surface area contributed by atoms with Crippen LogP contribution < -0.4 is 5.32 Å². The van der Waals surface area contributed by atoms with Gasteiger partial charge in [-0.1, -0.05) is 24.3 Å². The van der Waals surface area contributed by atoms with E-state index in [1.165, 1.54) is 16.7 Å². The SMILES string of the molecule is Cc1cccc2c1C(c1ccc(O)c(O)c1)CNC2. The Morgan fingerprint density at radius 3 is 2.74 bits per heavy atom. The maximum absolute atomic E-state index is 9.68. The molecule has 1 aliphatic heterocycles. The fourth-order valence-electron chi connectivity index (χ4n) is 2.89. The largest absolute Gasteiger partial charge is 0.504 e. The van der Waals surface area contributed by atoms with Crippen LogP contribution in [-0.2, 0) is 6.54 Å². The van der Waals surface area contributed by atoms with Crippen LogP contribution in [0.3, 0.4) is 0 Å². The third-order valence-electron chi connectivity index (χ3n) is 3.83. The van der Waals surface area contributed by atoms with Crippen LogP contribution in [0.15, 0.2) is 36.4 Å². The van der Waals surface area contributed by atoms with Crippen molar-refractivity contribution in [3.8, 4) is 11.5 Å². The highest BCUT2D eigenvalue weighted by Crippen LogP contribution is 2.36. The molecular weight excluding hydrogens is 238 g/mol. The third-order valence-corrected chi connectivity index (χ3v) is 3.83. The average Bonchev–Trinajstić information content (AvgIpc) is 2.42. The number of benzene rings is 2. The van der Waals surface area contributed by atoms with Crippen molar-refractivity contribution in [1.29, 1.82) is 0 Å². The third kappa shape index (κ3) is 2.06. The van der Waals surface area contributed by atoms with Crippen molar-refractivity contribution in [3.05, 3.63) is 58.7 Å². The summed E-state index contributed by atoms with van der Waals surface area (Å²) in [5.74, 6) is 0.0900. The second-order valence-corrected chi connectivity index (χ2v) is 5.08. The highest BCUT2D eigenvalue weighted by atomic mass is 16.3. The Kier molecular flexibility index (Phi) is 2.91. The Labute approximate surface area is 112 Å². The van der Waals surface area contributed by atoms with Gasteiger partial charge >= 0.3 is 0 Å². The number of nitrogens with one attached hydrogen (secondary N) is 1. The molecule has 2 aromatic rings. The first-order chi connectivity index (χ1) is 9.16. The van der Waals surface area contributed by atoms with E-state index in [9.17, 15) is 10.2 Å². The molecule has 0 fully saturated rings. The number of hydrogen-bond donors (Lipinski definition) is 3. The molecule has 3 rings (SSSR count). The van der Waals surface area contributed by atoms with E-state index in [1.54, 1.807) is 12.1 Å². The van der Waals surface area contributed by atoms with Crippen molar-refractivity contribution in [2.45, 2.75) is 19.4 Å². The number of phenols is 2. The van der Waals surface area contributed by atoms with Crippen LogP contribution in [0.4, 0.5) is 0 Å². The van der Waals surface area contributed by atoms with Crippen LogP contribution >= 0.6 is 0 Å². The minimum absolute atomic E-state index is 0.0572. The lowest BCUT2D eigenvalue weighted by molar-refractivity contribution is 0.402. The van der Waals surface area contributed by atoms with E-state index in [1.807, 2.05) is 6.07 Å². The van der Waals surface area contributed by atoms with E-state index in [0.29, 0.717) is 0 Å². The number of fused-ring (bicyclic) bond motifs is 1. The highest BCUT2D eigenvalue weighted by Gasteiger charge is 2.23. The lowest BCUT2D eigenvalue weighted by atomic mass is 9.83. The number of hydrogen-bond acceptors (Lipinski definition) is 3. The zero-order valence-electron chi connectivity index (χ0n) is 10.9. The average molecular weight is 255 g/mol. The zero-order chi connectivity index (χ0) is 13.4. The van der Waals surface area contributed by atoms with Crippen molar-refractivity contribution in [2.75, 3.05) is 6.54 Å². The summed E-state index contributed by atoms with van der Waals surface area (Å²) in [4.78, 5) is 0. The Balaban J connectivity index is 2.10. The summed E-state index contributed by atoms with van der Waals surface area (Å²) in [7, 11) is 0. The quantitative estimate of drug-likeness (QED) is 0.687. The fourth-order valence-corrected chi connectivity index (χ4v) is 2.89. The molecule has 1 atom stereocenters. The molecule has 3 N–H and O–H groups in total. The molecule has 3 heteroatoms. The van der Waals surface area contributed by atoms with Gasteiger partial charge in [0.1, 0.15) is 0 Å². The first kappa shape index (κ1) is 12.1. The minimum atomic E-state index is -0.0717. The first-order valence-electron chi connectivity index (χ1n) is 6.48. The van der Waals surface area contributed by atoms with Gasteiger partial charge in [-0.15, -0.1) is 0 Å². The second-order valence-electron chi connectivity index (χ2n) is 5.08. The summed E-state index contributed by atoms with van der Waals surface area (Å²) in [6, 6.07) is 11.4. The monoisotopic (exact) mass is 255 g/mol. The zero-order valence-corrected chi connectivity index (χ0v) is 10.9. The van der Waals surface area contributed by atoms with Gasteiger partial charge in [-0.25, -0.2) is 0 Å². The lowest BCUT2D eigenvalue weighted by Gasteiger charge is -2.28. The first-order valence-corrected chi connectivity index (χ1v) is 6.48. The van der Waals surface area contributed by atoms with Crippen molar-refractivity contribution in [1.82, 2.24) is 5.32 Å². The van der Waals surface area contributed by atoms with Crippen LogP contribution in [0.25, 0.3) is 0 Å². The molecular formula is C16H17NO2. The molecule has 98 valence electrons. The van der Waals surface area contributed by atoms with Gasteiger partial charge in [0.25, 0.3) is 0 Å². The van der Waals surface area contributed by atoms with Gasteiger partial charge in [-0.2, -0.15) is 0 Å². The van der Waals surface area contributed by atoms with Gasteiger partial charge in [0.15, 0.2) is 11.5 Å². The van der Waals surface area contributed by atoms with Crippen molar-refractivity contribution in [2.24, 2.45) is 0 Å². The van der Waals surface area contributed by atoms with E-state index in [4.69, 9.17) is 0 Å². The molecule has 19 heavy (non-hydrogen) atoms. The van der Waals surface area contributed by atoms with Crippen molar-refractivity contribution in [3.63, 3.8) is 0 Å². The second kappa shape index (κ2) is 4.59. The highest BCUT2D eigenvalue weighted by molar-refractivity contribution is 5.49. The van der Waals surface area contributed by atoms with Gasteiger partial charge in [0.2, 0.25) is 0 Å². The predicted octanol–water partition coefficient (Wildman–Crippen LogP) is 2.64. The molecule has 3 nitrogen and oxygen atoms in total. The van der Waals surface area contributed by atoms with Gasteiger partial charge in [-0.05, 0) is 41.3 Å². The molecule has 0 saturated carbocycles. The topological polar surface area (TPSA) is 52.5 Å². The summed E-state index contributed by atoms with van der Waals surface area (Å²) in [5.41, 5.74) is 4.95. The van der Waals surface area contributed by atoms with Crippen LogP contribution in [0.1, 0.15) is 28.2 Å². The maximum Gasteiger partial charge on any atom is 0.157 e. The van der Waals surface area contributed by atoms with Crippen LogP contribution in [0.2, 0.25) is 0 Å². The molecule has 0 radical (unpaired) electrons. The molecule has 1 aliphatic rings. The van der Waals surface area contributed by atoms with E-state index in [2.05, 4.69) is 30.4 Å². The van der Waals surface area contributed by atoms with Crippen molar-refractivity contribution < 1.29 is 10.2 Å². The molecule has 0 amide bonds. The summed E-state index contributed by atoms with van der Waals surface area (Å²) < 4.78 is 0. The van der Waals surface area contributed by atoms with Crippen molar-refractivity contribution >= 4 is 0 Å². The molecule has 0 aromatic heterocycles. The summed E-state index contributed by atoms with van der Waals surface area (Å²) >= 11 is 0. The number of aromatic hydroxyl groups is 2. The molecule has 0 spiro atoms. The number of rotatable bonds is 1. The number of aryl methyl sites for hydroxylation is 1. The van der Waals surface area contributed by atoms with Gasteiger partial charge < -0.3 is 15.5 Å². The van der Waals surface area contributed by atoms with E-state index < -0.39 is 0 Å². The minimum Gasteiger partial charge on any atom is -0.504 e. The molecule has 0 bridgehead atoms. The van der Waals surface area contributed by atoms with E-state index >= 15 is 0 Å². The smallest absolute Gasteiger partial charge is 0.157 e. The normalized spacial score (nSPS) is 18.1. The number of phenolic OH excluding ortho intramolecular Hbond substituents is 2. The van der Waals surface area contributed by atoms with Crippen LogP contribution in [0, 0.1) is 6.92 Å². The molecule has 0 saturated heterocycles. The van der Waals surface area contributed by atoms with Crippen LogP contribution in [0.5, 0.6) is 11.5 Å². The maximum atomic E-state index is 9.68. The Bertz CT molecular complexity index is 622. The van der Waals surface area contributed by atoms with Gasteiger partial charge in [0.05, 0.1) is 0 Å². The summed E-state index contributed by atoms with van der Waals surface area (Å²) in [6.45, 7) is 3.86. The van der Waals surface area contributed by atoms with Gasteiger partial charge in [0, 0.05) is 19.0 Å². The van der Waals surface area contributed by atoms with Crippen LogP contribution in [-0.4, -0.2) is 16.8 Å². The summed E-state index contributed by atoms with van der Waals surface area (Å²) in [5, 5.41) is 22.5. The Morgan fingerprint density at radius 2 is 1.95 bits per heavy atom. The Morgan fingerprint density at radius 1 is 1.11 bits per heavy atom. The van der Waals surface area contributed by atoms with E-state index in [-0.39, 0.29) is 17.4 Å².